The van der Waals surface area contributed by atoms with Crippen LogP contribution in [0.3, 0.4) is 0 Å². The zero-order valence-corrected chi connectivity index (χ0v) is 14.7. The first kappa shape index (κ1) is 17.4. The highest BCUT2D eigenvalue weighted by Gasteiger charge is 2.12. The standard InChI is InChI=1S/C19H22ClNO2/c1-12-5-7-17(13(2)9-12)15(4)21-19(22)11-23-16-6-8-18(20)14(3)10-16/h5-10,15H,11H2,1-4H3,(H,21,22)/t15-/m0/s1. The summed E-state index contributed by atoms with van der Waals surface area (Å²) < 4.78 is 5.52. The van der Waals surface area contributed by atoms with Crippen molar-refractivity contribution in [3.05, 3.63) is 63.7 Å². The van der Waals surface area contributed by atoms with Gasteiger partial charge in [-0.15, -0.1) is 0 Å². The Bertz CT molecular complexity index is 713. The Morgan fingerprint density at radius 1 is 1.13 bits per heavy atom. The van der Waals surface area contributed by atoms with Gasteiger partial charge in [-0.3, -0.25) is 4.79 Å². The molecule has 0 aliphatic rings. The molecule has 2 rings (SSSR count). The van der Waals surface area contributed by atoms with E-state index in [0.717, 1.165) is 11.1 Å². The molecule has 0 aliphatic heterocycles. The molecule has 122 valence electrons. The maximum atomic E-state index is 12.1. The molecule has 4 heteroatoms. The van der Waals surface area contributed by atoms with Crippen LogP contribution in [0.1, 0.15) is 35.2 Å². The van der Waals surface area contributed by atoms with E-state index in [4.69, 9.17) is 16.3 Å². The second-order valence-electron chi connectivity index (χ2n) is 5.85. The highest BCUT2D eigenvalue weighted by molar-refractivity contribution is 6.31. The molecule has 0 unspecified atom stereocenters. The number of carbonyl (C=O) groups is 1. The fourth-order valence-electron chi connectivity index (χ4n) is 2.53. The molecule has 23 heavy (non-hydrogen) atoms. The number of aryl methyl sites for hydroxylation is 3. The number of hydrogen-bond donors (Lipinski definition) is 1. The van der Waals surface area contributed by atoms with E-state index in [1.54, 1.807) is 12.1 Å². The highest BCUT2D eigenvalue weighted by atomic mass is 35.5. The quantitative estimate of drug-likeness (QED) is 0.874. The molecule has 0 fully saturated rings. The topological polar surface area (TPSA) is 38.3 Å². The minimum absolute atomic E-state index is 0.0175. The molecule has 0 spiro atoms. The lowest BCUT2D eigenvalue weighted by atomic mass is 10.0. The van der Waals surface area contributed by atoms with E-state index in [1.807, 2.05) is 19.9 Å². The van der Waals surface area contributed by atoms with Gasteiger partial charge >= 0.3 is 0 Å². The van der Waals surface area contributed by atoms with E-state index in [-0.39, 0.29) is 18.6 Å². The van der Waals surface area contributed by atoms with Crippen molar-refractivity contribution >= 4 is 17.5 Å². The van der Waals surface area contributed by atoms with E-state index in [2.05, 4.69) is 37.4 Å². The number of amides is 1. The summed E-state index contributed by atoms with van der Waals surface area (Å²) in [7, 11) is 0. The van der Waals surface area contributed by atoms with Gasteiger partial charge in [0, 0.05) is 5.02 Å². The average Bonchev–Trinajstić information content (AvgIpc) is 2.48. The molecule has 1 N–H and O–H groups in total. The minimum atomic E-state index is -0.148. The number of benzene rings is 2. The van der Waals surface area contributed by atoms with Gasteiger partial charge in [0.05, 0.1) is 6.04 Å². The van der Waals surface area contributed by atoms with E-state index >= 15 is 0 Å². The Labute approximate surface area is 142 Å². The molecule has 0 saturated heterocycles. The van der Waals surface area contributed by atoms with Crippen molar-refractivity contribution in [2.75, 3.05) is 6.61 Å². The first-order chi connectivity index (χ1) is 10.9. The Balaban J connectivity index is 1.92. The molecule has 0 saturated carbocycles. The summed E-state index contributed by atoms with van der Waals surface area (Å²) in [5, 5.41) is 3.65. The maximum Gasteiger partial charge on any atom is 0.258 e. The second-order valence-corrected chi connectivity index (χ2v) is 6.26. The van der Waals surface area contributed by atoms with Crippen molar-refractivity contribution in [2.45, 2.75) is 33.7 Å². The van der Waals surface area contributed by atoms with Crippen LogP contribution in [0.4, 0.5) is 0 Å². The number of ether oxygens (including phenoxy) is 1. The fraction of sp³-hybridized carbons (Fsp3) is 0.316. The lowest BCUT2D eigenvalue weighted by Gasteiger charge is -2.17. The fourth-order valence-corrected chi connectivity index (χ4v) is 2.65. The van der Waals surface area contributed by atoms with Crippen LogP contribution in [-0.4, -0.2) is 12.5 Å². The normalized spacial score (nSPS) is 11.9. The monoisotopic (exact) mass is 331 g/mol. The Morgan fingerprint density at radius 3 is 2.52 bits per heavy atom. The molecule has 0 heterocycles. The SMILES string of the molecule is Cc1ccc([C@H](C)NC(=O)COc2ccc(Cl)c(C)c2)c(C)c1. The average molecular weight is 332 g/mol. The summed E-state index contributed by atoms with van der Waals surface area (Å²) in [5.74, 6) is 0.492. The van der Waals surface area contributed by atoms with Crippen molar-refractivity contribution < 1.29 is 9.53 Å². The maximum absolute atomic E-state index is 12.1. The number of carbonyl (C=O) groups excluding carboxylic acids is 1. The van der Waals surface area contributed by atoms with Crippen LogP contribution < -0.4 is 10.1 Å². The smallest absolute Gasteiger partial charge is 0.258 e. The van der Waals surface area contributed by atoms with Crippen molar-refractivity contribution in [1.29, 1.82) is 0 Å². The van der Waals surface area contributed by atoms with Gasteiger partial charge in [-0.05, 0) is 62.6 Å². The lowest BCUT2D eigenvalue weighted by Crippen LogP contribution is -2.31. The van der Waals surface area contributed by atoms with Crippen LogP contribution in [0, 0.1) is 20.8 Å². The molecule has 0 aliphatic carbocycles. The lowest BCUT2D eigenvalue weighted by molar-refractivity contribution is -0.123. The van der Waals surface area contributed by atoms with E-state index < -0.39 is 0 Å². The van der Waals surface area contributed by atoms with Crippen LogP contribution >= 0.6 is 11.6 Å². The van der Waals surface area contributed by atoms with Gasteiger partial charge in [0.15, 0.2) is 6.61 Å². The molecule has 0 bridgehead atoms. The molecule has 1 atom stereocenters. The van der Waals surface area contributed by atoms with E-state index in [0.29, 0.717) is 10.8 Å². The summed E-state index contributed by atoms with van der Waals surface area (Å²) >= 11 is 5.97. The molecule has 1 amide bonds. The Hall–Kier alpha value is -2.00. The van der Waals surface area contributed by atoms with Crippen molar-refractivity contribution in [1.82, 2.24) is 5.32 Å². The van der Waals surface area contributed by atoms with Crippen molar-refractivity contribution in [3.63, 3.8) is 0 Å². The third-order valence-corrected chi connectivity index (χ3v) is 4.19. The zero-order chi connectivity index (χ0) is 17.0. The minimum Gasteiger partial charge on any atom is -0.484 e. The summed E-state index contributed by atoms with van der Waals surface area (Å²) in [6, 6.07) is 11.5. The van der Waals surface area contributed by atoms with E-state index in [9.17, 15) is 4.79 Å². The van der Waals surface area contributed by atoms with Gasteiger partial charge in [0.25, 0.3) is 5.91 Å². The predicted octanol–water partition coefficient (Wildman–Crippen LogP) is 4.52. The van der Waals surface area contributed by atoms with Gasteiger partial charge in [-0.25, -0.2) is 0 Å². The molecule has 3 nitrogen and oxygen atoms in total. The van der Waals surface area contributed by atoms with E-state index in [1.165, 1.54) is 11.1 Å². The Kier molecular flexibility index (Phi) is 5.67. The Morgan fingerprint density at radius 2 is 1.87 bits per heavy atom. The van der Waals surface area contributed by atoms with Crippen LogP contribution in [0.5, 0.6) is 5.75 Å². The van der Waals surface area contributed by atoms with Crippen LogP contribution in [0.2, 0.25) is 5.02 Å². The largest absolute Gasteiger partial charge is 0.484 e. The summed E-state index contributed by atoms with van der Waals surface area (Å²) in [6.07, 6.45) is 0. The van der Waals surface area contributed by atoms with Gasteiger partial charge in [-0.2, -0.15) is 0 Å². The summed E-state index contributed by atoms with van der Waals surface area (Å²) in [4.78, 5) is 12.1. The third-order valence-electron chi connectivity index (χ3n) is 3.77. The van der Waals surface area contributed by atoms with Crippen molar-refractivity contribution in [3.8, 4) is 5.75 Å². The van der Waals surface area contributed by atoms with Crippen molar-refractivity contribution in [2.24, 2.45) is 0 Å². The molecule has 2 aromatic rings. The molecule has 2 aromatic carbocycles. The molecular weight excluding hydrogens is 310 g/mol. The summed E-state index contributed by atoms with van der Waals surface area (Å²) in [6.45, 7) is 7.97. The van der Waals surface area contributed by atoms with Gasteiger partial charge < -0.3 is 10.1 Å². The zero-order valence-electron chi connectivity index (χ0n) is 13.9. The molecule has 0 aromatic heterocycles. The second kappa shape index (κ2) is 7.51. The van der Waals surface area contributed by atoms with Crippen LogP contribution in [0.25, 0.3) is 0 Å². The van der Waals surface area contributed by atoms with Gasteiger partial charge in [0.1, 0.15) is 5.75 Å². The van der Waals surface area contributed by atoms with Gasteiger partial charge in [-0.1, -0.05) is 35.4 Å². The first-order valence-electron chi connectivity index (χ1n) is 7.62. The third kappa shape index (κ3) is 4.73. The molecule has 0 radical (unpaired) electrons. The number of halogens is 1. The number of nitrogens with one attached hydrogen (secondary N) is 1. The number of hydrogen-bond acceptors (Lipinski definition) is 2. The van der Waals surface area contributed by atoms with Gasteiger partial charge in [0.2, 0.25) is 0 Å². The van der Waals surface area contributed by atoms with Crippen LogP contribution in [0.15, 0.2) is 36.4 Å². The van der Waals surface area contributed by atoms with Crippen LogP contribution in [-0.2, 0) is 4.79 Å². The highest BCUT2D eigenvalue weighted by Crippen LogP contribution is 2.21. The predicted molar refractivity (Wildman–Crippen MR) is 94.2 cm³/mol. The summed E-state index contributed by atoms with van der Waals surface area (Å²) in [5.41, 5.74) is 4.43. The number of rotatable bonds is 5. The molecular formula is C19H22ClNO2. The first-order valence-corrected chi connectivity index (χ1v) is 8.00.